The number of hydrogen-bond donors (Lipinski definition) is 2. The van der Waals surface area contributed by atoms with Crippen LogP contribution in [-0.4, -0.2) is 29.5 Å². The monoisotopic (exact) mass is 299 g/mol. The van der Waals surface area contributed by atoms with Crippen LogP contribution in [0.15, 0.2) is 33.9 Å². The second-order valence-electron chi connectivity index (χ2n) is 4.06. The van der Waals surface area contributed by atoms with Gasteiger partial charge in [0.05, 0.1) is 0 Å². The Hall–Kier alpha value is -1.07. The van der Waals surface area contributed by atoms with Crippen LogP contribution in [0.4, 0.5) is 0 Å². The molecule has 1 aromatic rings. The second-order valence-corrected chi connectivity index (χ2v) is 4.97. The van der Waals surface area contributed by atoms with Gasteiger partial charge in [0.1, 0.15) is 5.84 Å². The molecule has 0 aliphatic carbocycles. The third kappa shape index (κ3) is 5.70. The third-order valence-corrected chi connectivity index (χ3v) is 3.00. The Morgan fingerprint density at radius 1 is 1.41 bits per heavy atom. The van der Waals surface area contributed by atoms with Crippen LogP contribution in [-0.2, 0) is 6.54 Å². The first kappa shape index (κ1) is 14.0. The molecule has 94 valence electrons. The number of amidine groups is 1. The molecule has 0 bridgehead atoms. The normalized spacial score (nSPS) is 12.1. The number of nitrogens with two attached hydrogens (primary N) is 1. The fraction of sp³-hybridized carbons (Fsp3) is 0.417. The molecule has 0 aliphatic rings. The molecule has 0 heterocycles. The van der Waals surface area contributed by atoms with Gasteiger partial charge in [-0.25, -0.2) is 0 Å². The largest absolute Gasteiger partial charge is 0.409 e. The summed E-state index contributed by atoms with van der Waals surface area (Å²) in [4.78, 5) is 2.22. The lowest BCUT2D eigenvalue weighted by atomic mass is 10.2. The minimum absolute atomic E-state index is 0.294. The van der Waals surface area contributed by atoms with Gasteiger partial charge in [-0.1, -0.05) is 33.2 Å². The van der Waals surface area contributed by atoms with Gasteiger partial charge < -0.3 is 15.8 Å². The molecule has 0 fully saturated rings. The number of nitrogens with zero attached hydrogens (tertiary/aromatic N) is 2. The van der Waals surface area contributed by atoms with Crippen molar-refractivity contribution >= 4 is 21.8 Å². The predicted molar refractivity (Wildman–Crippen MR) is 73.1 cm³/mol. The molecule has 0 amide bonds. The summed E-state index contributed by atoms with van der Waals surface area (Å²) < 4.78 is 1.09. The molecular weight excluding hydrogens is 282 g/mol. The Labute approximate surface area is 110 Å². The van der Waals surface area contributed by atoms with Crippen molar-refractivity contribution in [3.8, 4) is 0 Å². The zero-order chi connectivity index (χ0) is 12.7. The summed E-state index contributed by atoms with van der Waals surface area (Å²) in [6.07, 6.45) is 1.52. The minimum Gasteiger partial charge on any atom is -0.409 e. The van der Waals surface area contributed by atoms with Crippen LogP contribution >= 0.6 is 15.9 Å². The van der Waals surface area contributed by atoms with Crippen LogP contribution in [0.5, 0.6) is 0 Å². The molecule has 0 radical (unpaired) electrons. The molecule has 1 aromatic carbocycles. The molecule has 0 aliphatic heterocycles. The lowest BCUT2D eigenvalue weighted by molar-refractivity contribution is 0.311. The number of benzene rings is 1. The number of halogens is 1. The smallest absolute Gasteiger partial charge is 0.139 e. The Balaban J connectivity index is 2.29. The standard InChI is InChI=1S/C12H18BrN3O/c1-16(8-2-3-12(14)15-17)9-10-4-6-11(13)7-5-10/h4-7,17H,2-3,8-9H2,1H3,(H2,14,15). The van der Waals surface area contributed by atoms with Crippen molar-refractivity contribution in [2.24, 2.45) is 10.9 Å². The lowest BCUT2D eigenvalue weighted by Gasteiger charge is -2.16. The highest BCUT2D eigenvalue weighted by Crippen LogP contribution is 2.11. The van der Waals surface area contributed by atoms with Crippen LogP contribution < -0.4 is 5.73 Å². The minimum atomic E-state index is 0.294. The van der Waals surface area contributed by atoms with Crippen molar-refractivity contribution in [1.29, 1.82) is 0 Å². The molecule has 0 unspecified atom stereocenters. The van der Waals surface area contributed by atoms with E-state index in [0.29, 0.717) is 12.3 Å². The molecule has 0 saturated carbocycles. The van der Waals surface area contributed by atoms with E-state index in [2.05, 4.69) is 45.2 Å². The van der Waals surface area contributed by atoms with E-state index in [1.54, 1.807) is 0 Å². The van der Waals surface area contributed by atoms with Gasteiger partial charge in [0.2, 0.25) is 0 Å². The summed E-state index contributed by atoms with van der Waals surface area (Å²) in [7, 11) is 2.06. The number of oxime groups is 1. The van der Waals surface area contributed by atoms with E-state index >= 15 is 0 Å². The van der Waals surface area contributed by atoms with Gasteiger partial charge in [-0.15, -0.1) is 0 Å². The summed E-state index contributed by atoms with van der Waals surface area (Å²) in [5, 5.41) is 11.4. The fourth-order valence-corrected chi connectivity index (χ4v) is 1.82. The van der Waals surface area contributed by atoms with E-state index in [9.17, 15) is 0 Å². The molecule has 0 spiro atoms. The van der Waals surface area contributed by atoms with Crippen molar-refractivity contribution < 1.29 is 5.21 Å². The number of hydrogen-bond acceptors (Lipinski definition) is 3. The highest BCUT2D eigenvalue weighted by atomic mass is 79.9. The Morgan fingerprint density at radius 3 is 2.65 bits per heavy atom. The summed E-state index contributed by atoms with van der Waals surface area (Å²) in [6, 6.07) is 8.29. The van der Waals surface area contributed by atoms with Crippen LogP contribution in [0, 0.1) is 0 Å². The maximum absolute atomic E-state index is 8.41. The first-order valence-corrected chi connectivity index (χ1v) is 6.30. The van der Waals surface area contributed by atoms with Crippen molar-refractivity contribution in [1.82, 2.24) is 4.90 Å². The van der Waals surface area contributed by atoms with Gasteiger partial charge in [-0.3, -0.25) is 0 Å². The lowest BCUT2D eigenvalue weighted by Crippen LogP contribution is -2.21. The van der Waals surface area contributed by atoms with Crippen molar-refractivity contribution in [3.05, 3.63) is 34.3 Å². The van der Waals surface area contributed by atoms with Crippen molar-refractivity contribution in [2.75, 3.05) is 13.6 Å². The van der Waals surface area contributed by atoms with E-state index < -0.39 is 0 Å². The molecule has 0 aromatic heterocycles. The average Bonchev–Trinajstić information content (AvgIpc) is 2.32. The van der Waals surface area contributed by atoms with Gasteiger partial charge in [-0.05, 0) is 37.7 Å². The van der Waals surface area contributed by atoms with Crippen molar-refractivity contribution in [3.63, 3.8) is 0 Å². The summed E-state index contributed by atoms with van der Waals surface area (Å²) in [6.45, 7) is 1.83. The second kappa shape index (κ2) is 7.29. The van der Waals surface area contributed by atoms with E-state index in [1.165, 1.54) is 5.56 Å². The molecule has 4 nitrogen and oxygen atoms in total. The predicted octanol–water partition coefficient (Wildman–Crippen LogP) is 2.41. The Bertz CT molecular complexity index is 365. The maximum Gasteiger partial charge on any atom is 0.139 e. The fourth-order valence-electron chi connectivity index (χ4n) is 1.56. The highest BCUT2D eigenvalue weighted by molar-refractivity contribution is 9.10. The summed E-state index contributed by atoms with van der Waals surface area (Å²) >= 11 is 3.41. The molecule has 1 rings (SSSR count). The first-order chi connectivity index (χ1) is 8.11. The van der Waals surface area contributed by atoms with Crippen LogP contribution in [0.3, 0.4) is 0 Å². The zero-order valence-electron chi connectivity index (χ0n) is 9.93. The van der Waals surface area contributed by atoms with E-state index in [-0.39, 0.29) is 0 Å². The first-order valence-electron chi connectivity index (χ1n) is 5.51. The Kier molecular flexibility index (Phi) is 6.00. The summed E-state index contributed by atoms with van der Waals surface area (Å²) in [5.41, 5.74) is 6.68. The molecule has 0 atom stereocenters. The van der Waals surface area contributed by atoms with E-state index in [1.807, 2.05) is 12.1 Å². The molecule has 3 N–H and O–H groups in total. The van der Waals surface area contributed by atoms with Gasteiger partial charge in [0.15, 0.2) is 0 Å². The van der Waals surface area contributed by atoms with E-state index in [0.717, 1.165) is 24.0 Å². The Morgan fingerprint density at radius 2 is 2.06 bits per heavy atom. The zero-order valence-corrected chi connectivity index (χ0v) is 11.5. The van der Waals surface area contributed by atoms with Crippen molar-refractivity contribution in [2.45, 2.75) is 19.4 Å². The third-order valence-electron chi connectivity index (χ3n) is 2.47. The van der Waals surface area contributed by atoms with Gasteiger partial charge in [0, 0.05) is 17.4 Å². The van der Waals surface area contributed by atoms with Gasteiger partial charge >= 0.3 is 0 Å². The molecule has 17 heavy (non-hydrogen) atoms. The molecule has 5 heteroatoms. The molecule has 0 saturated heterocycles. The molecular formula is C12H18BrN3O. The average molecular weight is 300 g/mol. The van der Waals surface area contributed by atoms with Gasteiger partial charge in [-0.2, -0.15) is 0 Å². The van der Waals surface area contributed by atoms with Crippen LogP contribution in [0.1, 0.15) is 18.4 Å². The van der Waals surface area contributed by atoms with Gasteiger partial charge in [0.25, 0.3) is 0 Å². The van der Waals surface area contributed by atoms with E-state index in [4.69, 9.17) is 10.9 Å². The topological polar surface area (TPSA) is 61.8 Å². The maximum atomic E-state index is 8.41. The highest BCUT2D eigenvalue weighted by Gasteiger charge is 2.01. The SMILES string of the molecule is CN(CCC/C(N)=N/O)Cc1ccc(Br)cc1. The van der Waals surface area contributed by atoms with Crippen LogP contribution in [0.25, 0.3) is 0 Å². The number of rotatable bonds is 6. The summed E-state index contributed by atoms with van der Waals surface area (Å²) in [5.74, 6) is 0.294. The van der Waals surface area contributed by atoms with Crippen LogP contribution in [0.2, 0.25) is 0 Å². The quantitative estimate of drug-likeness (QED) is 0.367.